The fraction of sp³-hybridized carbons (Fsp3) is 0.500. The molecule has 1 heteroatoms. The first kappa shape index (κ1) is 32.9. The number of allylic oxidation sites excluding steroid dienone is 1. The Morgan fingerprint density at radius 1 is 0.415 bits per heavy atom. The second-order valence-electron chi connectivity index (χ2n) is 12.3. The second-order valence-corrected chi connectivity index (χ2v) is 12.3. The summed E-state index contributed by atoms with van der Waals surface area (Å²) in [7, 11) is 0. The number of nitrogens with zero attached hydrogens (tertiary/aromatic N) is 1. The summed E-state index contributed by atoms with van der Waals surface area (Å²) in [5, 5.41) is 0. The number of benzene rings is 3. The van der Waals surface area contributed by atoms with Crippen LogP contribution < -0.4 is 0 Å². The molecule has 0 saturated heterocycles. The van der Waals surface area contributed by atoms with E-state index >= 15 is 0 Å². The first-order chi connectivity index (χ1) is 20.3. The van der Waals surface area contributed by atoms with Crippen LogP contribution in [0.1, 0.15) is 120 Å². The molecule has 0 unspecified atom stereocenters. The van der Waals surface area contributed by atoms with E-state index in [1.165, 1.54) is 107 Å². The molecule has 0 radical (unpaired) electrons. The van der Waals surface area contributed by atoms with E-state index < -0.39 is 0 Å². The molecule has 0 aliphatic carbocycles. The van der Waals surface area contributed by atoms with Gasteiger partial charge in [0, 0.05) is 23.1 Å². The fourth-order valence-electron chi connectivity index (χ4n) is 6.18. The van der Waals surface area contributed by atoms with Crippen molar-refractivity contribution in [2.45, 2.75) is 123 Å². The van der Waals surface area contributed by atoms with Crippen LogP contribution in [-0.4, -0.2) is 11.0 Å². The van der Waals surface area contributed by atoms with Crippen LogP contribution in [0.15, 0.2) is 103 Å². The predicted molar refractivity (Wildman–Crippen MR) is 180 cm³/mol. The molecule has 3 aromatic carbocycles. The zero-order chi connectivity index (χ0) is 28.7. The van der Waals surface area contributed by atoms with Gasteiger partial charge in [-0.3, -0.25) is 0 Å². The molecule has 1 nitrogen and oxygen atoms in total. The maximum Gasteiger partial charge on any atom is 0.105 e. The van der Waals surface area contributed by atoms with Crippen LogP contribution in [0.5, 0.6) is 0 Å². The average Bonchev–Trinajstić information content (AvgIpc) is 3.00. The Morgan fingerprint density at radius 3 is 1.15 bits per heavy atom. The van der Waals surface area contributed by atoms with Crippen LogP contribution in [0.3, 0.4) is 0 Å². The van der Waals surface area contributed by atoms with Crippen molar-refractivity contribution in [3.63, 3.8) is 0 Å². The minimum Gasteiger partial charge on any atom is -0.312 e. The predicted octanol–water partition coefficient (Wildman–Crippen LogP) is 11.8. The molecule has 0 fully saturated rings. The third kappa shape index (κ3) is 14.7. The quantitative estimate of drug-likeness (QED) is 0.0623. The molecule has 3 rings (SSSR count). The van der Waals surface area contributed by atoms with E-state index in [4.69, 9.17) is 0 Å². The summed E-state index contributed by atoms with van der Waals surface area (Å²) in [5.41, 5.74) is 4.28. The van der Waals surface area contributed by atoms with E-state index in [-0.39, 0.29) is 0 Å². The van der Waals surface area contributed by atoms with E-state index in [1.807, 2.05) is 0 Å². The maximum atomic E-state index is 2.47. The summed E-state index contributed by atoms with van der Waals surface area (Å²) in [6.07, 6.45) is 25.8. The van der Waals surface area contributed by atoms with Gasteiger partial charge in [-0.1, -0.05) is 187 Å². The Morgan fingerprint density at radius 2 is 0.756 bits per heavy atom. The monoisotopic (exact) mass is 552 g/mol. The van der Waals surface area contributed by atoms with Crippen LogP contribution >= 0.6 is 0 Å². The molecule has 0 atom stereocenters. The largest absolute Gasteiger partial charge is 0.312 e. The number of rotatable bonds is 23. The van der Waals surface area contributed by atoms with Crippen molar-refractivity contribution in [1.82, 2.24) is 0 Å². The van der Waals surface area contributed by atoms with Gasteiger partial charge in [-0.15, -0.1) is 0 Å². The third-order valence-electron chi connectivity index (χ3n) is 8.49. The second kappa shape index (κ2) is 21.1. The van der Waals surface area contributed by atoms with E-state index in [2.05, 4.69) is 110 Å². The van der Waals surface area contributed by atoms with Crippen molar-refractivity contribution < 1.29 is 4.48 Å². The van der Waals surface area contributed by atoms with Crippen LogP contribution in [0.25, 0.3) is 0 Å². The van der Waals surface area contributed by atoms with Gasteiger partial charge in [0.25, 0.3) is 0 Å². The third-order valence-corrected chi connectivity index (χ3v) is 8.49. The molecule has 222 valence electrons. The maximum absolute atomic E-state index is 2.47. The Hall–Kier alpha value is -2.64. The fourth-order valence-corrected chi connectivity index (χ4v) is 6.18. The minimum absolute atomic E-state index is 1.04. The van der Waals surface area contributed by atoms with Gasteiger partial charge >= 0.3 is 0 Å². The Kier molecular flexibility index (Phi) is 16.9. The lowest BCUT2D eigenvalue weighted by Gasteiger charge is -2.39. The van der Waals surface area contributed by atoms with E-state index in [0.717, 1.165) is 37.1 Å². The van der Waals surface area contributed by atoms with Gasteiger partial charge in [-0.2, -0.15) is 0 Å². The normalized spacial score (nSPS) is 11.8. The Bertz CT molecular complexity index is 923. The Balaban J connectivity index is 1.43. The summed E-state index contributed by atoms with van der Waals surface area (Å²) in [4.78, 5) is 0. The molecule has 41 heavy (non-hydrogen) atoms. The number of quaternary nitrogens is 1. The zero-order valence-electron chi connectivity index (χ0n) is 26.2. The molecule has 0 amide bonds. The highest BCUT2D eigenvalue weighted by Gasteiger charge is 2.28. The smallest absolute Gasteiger partial charge is 0.105 e. The Labute approximate surface area is 253 Å². The van der Waals surface area contributed by atoms with Crippen molar-refractivity contribution >= 4 is 0 Å². The molecular formula is C40H58N+. The van der Waals surface area contributed by atoms with Crippen molar-refractivity contribution in [1.29, 1.82) is 0 Å². The highest BCUT2D eigenvalue weighted by Crippen LogP contribution is 2.25. The van der Waals surface area contributed by atoms with Crippen molar-refractivity contribution in [3.05, 3.63) is 120 Å². The molecule has 0 aliphatic rings. The summed E-state index contributed by atoms with van der Waals surface area (Å²) in [5.74, 6) is 0. The van der Waals surface area contributed by atoms with Gasteiger partial charge in [0.1, 0.15) is 19.6 Å². The van der Waals surface area contributed by atoms with Crippen LogP contribution in [-0.2, 0) is 19.6 Å². The molecule has 0 aliphatic heterocycles. The van der Waals surface area contributed by atoms with Gasteiger partial charge in [-0.05, 0) is 12.8 Å². The lowest BCUT2D eigenvalue weighted by atomic mass is 10.0. The van der Waals surface area contributed by atoms with Gasteiger partial charge < -0.3 is 4.48 Å². The average molecular weight is 553 g/mol. The van der Waals surface area contributed by atoms with Crippen LogP contribution in [0, 0.1) is 0 Å². The summed E-state index contributed by atoms with van der Waals surface area (Å²) in [6, 6.07) is 33.3. The van der Waals surface area contributed by atoms with Crippen molar-refractivity contribution in [2.24, 2.45) is 0 Å². The van der Waals surface area contributed by atoms with Gasteiger partial charge in [0.2, 0.25) is 0 Å². The molecular weight excluding hydrogens is 494 g/mol. The number of hydrogen-bond acceptors (Lipinski definition) is 0. The molecule has 3 aromatic rings. The standard InChI is InChI=1S/C40H58N/c1-2-3-4-5-6-7-8-9-10-11-12-13-14-15-16-17-27-34-41(35-38-28-21-18-22-29-38,36-39-30-23-19-24-31-39)37-40-32-25-20-26-33-40/h16-26,28-33H,2-15,27,34-37H2,1H3/q+1/b17-16+. The van der Waals surface area contributed by atoms with Gasteiger partial charge in [-0.25, -0.2) is 0 Å². The first-order valence-corrected chi connectivity index (χ1v) is 16.9. The lowest BCUT2D eigenvalue weighted by Crippen LogP contribution is -2.46. The molecule has 0 spiro atoms. The highest BCUT2D eigenvalue weighted by atomic mass is 15.3. The van der Waals surface area contributed by atoms with Gasteiger partial charge in [0.15, 0.2) is 0 Å². The van der Waals surface area contributed by atoms with E-state index in [1.54, 1.807) is 0 Å². The molecule has 0 aromatic heterocycles. The topological polar surface area (TPSA) is 0 Å². The van der Waals surface area contributed by atoms with Crippen molar-refractivity contribution in [2.75, 3.05) is 6.54 Å². The highest BCUT2D eigenvalue weighted by molar-refractivity contribution is 5.17. The lowest BCUT2D eigenvalue weighted by molar-refractivity contribution is -0.965. The van der Waals surface area contributed by atoms with Crippen LogP contribution in [0.2, 0.25) is 0 Å². The summed E-state index contributed by atoms with van der Waals surface area (Å²) < 4.78 is 1.04. The number of unbranched alkanes of at least 4 members (excludes halogenated alkanes) is 13. The number of hydrogen-bond donors (Lipinski definition) is 0. The van der Waals surface area contributed by atoms with Crippen LogP contribution in [0.4, 0.5) is 0 Å². The molecule has 0 heterocycles. The molecule has 0 N–H and O–H groups in total. The van der Waals surface area contributed by atoms with Gasteiger partial charge in [0.05, 0.1) is 6.54 Å². The summed E-state index contributed by atoms with van der Waals surface area (Å²) >= 11 is 0. The SMILES string of the molecule is CCCCCCCCCCCCCCC/C=C/CC[N+](Cc1ccccc1)(Cc1ccccc1)Cc1ccccc1. The molecule has 0 bridgehead atoms. The zero-order valence-corrected chi connectivity index (χ0v) is 26.2. The van der Waals surface area contributed by atoms with E-state index in [0.29, 0.717) is 0 Å². The van der Waals surface area contributed by atoms with Crippen molar-refractivity contribution in [3.8, 4) is 0 Å². The first-order valence-electron chi connectivity index (χ1n) is 16.9. The molecule has 0 saturated carbocycles. The summed E-state index contributed by atoms with van der Waals surface area (Å²) in [6.45, 7) is 6.61. The van der Waals surface area contributed by atoms with E-state index in [9.17, 15) is 0 Å². The minimum atomic E-state index is 1.04.